The fourth-order valence-corrected chi connectivity index (χ4v) is 3.68. The first kappa shape index (κ1) is 21.0. The standard InChI is InChI=1S/C24H32N4O/c1-2-3-4-5-6-7-10-18-28-22-14-9-8-13-21(22)27-23(28)15-17-26-24(29)20-12-11-16-25-19-20/h8-9,11-14,16,19H,2-7,10,15,17-18H2,1H3,(H,26,29). The zero-order valence-electron chi connectivity index (χ0n) is 17.4. The third-order valence-electron chi connectivity index (χ3n) is 5.28. The molecule has 3 aromatic rings. The molecule has 0 saturated carbocycles. The summed E-state index contributed by atoms with van der Waals surface area (Å²) in [6.45, 7) is 3.80. The molecule has 1 amide bonds. The summed E-state index contributed by atoms with van der Waals surface area (Å²) in [7, 11) is 0. The van der Waals surface area contributed by atoms with Gasteiger partial charge < -0.3 is 9.88 Å². The van der Waals surface area contributed by atoms with Crippen LogP contribution in [-0.2, 0) is 13.0 Å². The number of imidazole rings is 1. The van der Waals surface area contributed by atoms with E-state index in [1.54, 1.807) is 24.5 Å². The van der Waals surface area contributed by atoms with Crippen molar-refractivity contribution in [1.82, 2.24) is 19.9 Å². The van der Waals surface area contributed by atoms with E-state index in [2.05, 4.69) is 40.0 Å². The fourth-order valence-electron chi connectivity index (χ4n) is 3.68. The van der Waals surface area contributed by atoms with Gasteiger partial charge in [-0.25, -0.2) is 4.98 Å². The van der Waals surface area contributed by atoms with E-state index in [1.807, 2.05) is 6.07 Å². The van der Waals surface area contributed by atoms with Crippen molar-refractivity contribution in [3.63, 3.8) is 0 Å². The number of amides is 1. The van der Waals surface area contributed by atoms with E-state index in [0.717, 1.165) is 24.3 Å². The summed E-state index contributed by atoms with van der Waals surface area (Å²) < 4.78 is 2.33. The van der Waals surface area contributed by atoms with Crippen LogP contribution in [0.3, 0.4) is 0 Å². The van der Waals surface area contributed by atoms with Crippen LogP contribution >= 0.6 is 0 Å². The predicted octanol–water partition coefficient (Wildman–Crippen LogP) is 5.15. The lowest BCUT2D eigenvalue weighted by molar-refractivity contribution is 0.0953. The summed E-state index contributed by atoms with van der Waals surface area (Å²) in [6, 6.07) is 11.9. The Kier molecular flexibility index (Phi) is 8.23. The number of aryl methyl sites for hydroxylation is 1. The topological polar surface area (TPSA) is 59.8 Å². The SMILES string of the molecule is CCCCCCCCCn1c(CCNC(=O)c2cccnc2)nc2ccccc21. The van der Waals surface area contributed by atoms with E-state index in [-0.39, 0.29) is 5.91 Å². The monoisotopic (exact) mass is 392 g/mol. The number of pyridine rings is 1. The summed E-state index contributed by atoms with van der Waals surface area (Å²) in [5.74, 6) is 0.955. The number of para-hydroxylation sites is 2. The van der Waals surface area contributed by atoms with Crippen molar-refractivity contribution in [2.24, 2.45) is 0 Å². The minimum absolute atomic E-state index is 0.0900. The van der Waals surface area contributed by atoms with Crippen LogP contribution in [0.4, 0.5) is 0 Å². The van der Waals surface area contributed by atoms with Gasteiger partial charge in [0.05, 0.1) is 16.6 Å². The van der Waals surface area contributed by atoms with Crippen LogP contribution in [0.5, 0.6) is 0 Å². The Bertz CT molecular complexity index is 888. The molecule has 0 saturated heterocycles. The highest BCUT2D eigenvalue weighted by Gasteiger charge is 2.11. The number of fused-ring (bicyclic) bond motifs is 1. The van der Waals surface area contributed by atoms with Gasteiger partial charge in [0.25, 0.3) is 5.91 Å². The molecule has 1 N–H and O–H groups in total. The number of benzene rings is 1. The van der Waals surface area contributed by atoms with Gasteiger partial charge in [-0.1, -0.05) is 57.6 Å². The molecule has 2 aromatic heterocycles. The zero-order valence-corrected chi connectivity index (χ0v) is 17.4. The molecule has 0 unspecified atom stereocenters. The summed E-state index contributed by atoms with van der Waals surface area (Å²) in [6.07, 6.45) is 13.0. The molecule has 154 valence electrons. The van der Waals surface area contributed by atoms with Crippen molar-refractivity contribution in [1.29, 1.82) is 0 Å². The van der Waals surface area contributed by atoms with Gasteiger partial charge in [-0.2, -0.15) is 0 Å². The number of nitrogens with zero attached hydrogens (tertiary/aromatic N) is 3. The van der Waals surface area contributed by atoms with Gasteiger partial charge in [0, 0.05) is 31.9 Å². The molecule has 3 rings (SSSR count). The first-order valence-electron chi connectivity index (χ1n) is 10.9. The third kappa shape index (κ3) is 6.14. The van der Waals surface area contributed by atoms with Crippen LogP contribution in [0.25, 0.3) is 11.0 Å². The number of nitrogens with one attached hydrogen (secondary N) is 1. The zero-order chi connectivity index (χ0) is 20.3. The number of aromatic nitrogens is 3. The Morgan fingerprint density at radius 2 is 1.79 bits per heavy atom. The predicted molar refractivity (Wildman–Crippen MR) is 118 cm³/mol. The van der Waals surface area contributed by atoms with Crippen LogP contribution in [0, 0.1) is 0 Å². The molecule has 5 heteroatoms. The van der Waals surface area contributed by atoms with Crippen molar-refractivity contribution in [3.05, 3.63) is 60.2 Å². The largest absolute Gasteiger partial charge is 0.352 e. The minimum atomic E-state index is -0.0900. The lowest BCUT2D eigenvalue weighted by Gasteiger charge is -2.10. The summed E-state index contributed by atoms with van der Waals surface area (Å²) in [4.78, 5) is 21.1. The minimum Gasteiger partial charge on any atom is -0.352 e. The molecule has 2 heterocycles. The highest BCUT2D eigenvalue weighted by molar-refractivity contribution is 5.93. The number of unbranched alkanes of at least 4 members (excludes halogenated alkanes) is 6. The van der Waals surface area contributed by atoms with E-state index < -0.39 is 0 Å². The molecular weight excluding hydrogens is 360 g/mol. The lowest BCUT2D eigenvalue weighted by Crippen LogP contribution is -2.26. The van der Waals surface area contributed by atoms with E-state index >= 15 is 0 Å². The molecule has 0 bridgehead atoms. The molecule has 29 heavy (non-hydrogen) atoms. The van der Waals surface area contributed by atoms with Gasteiger partial charge in [-0.15, -0.1) is 0 Å². The Morgan fingerprint density at radius 1 is 1.00 bits per heavy atom. The molecule has 0 radical (unpaired) electrons. The average Bonchev–Trinajstić information content (AvgIpc) is 3.11. The van der Waals surface area contributed by atoms with E-state index in [0.29, 0.717) is 12.1 Å². The molecule has 1 aromatic carbocycles. The quantitative estimate of drug-likeness (QED) is 0.433. The molecule has 0 fully saturated rings. The van der Waals surface area contributed by atoms with Crippen LogP contribution in [0.1, 0.15) is 68.1 Å². The van der Waals surface area contributed by atoms with Crippen molar-refractivity contribution in [3.8, 4) is 0 Å². The molecular formula is C24H32N4O. The van der Waals surface area contributed by atoms with Crippen LogP contribution in [-0.4, -0.2) is 27.0 Å². The van der Waals surface area contributed by atoms with Crippen molar-refractivity contribution >= 4 is 16.9 Å². The molecule has 0 aliphatic heterocycles. The van der Waals surface area contributed by atoms with Gasteiger partial charge in [0.15, 0.2) is 0 Å². The highest BCUT2D eigenvalue weighted by atomic mass is 16.1. The van der Waals surface area contributed by atoms with E-state index in [9.17, 15) is 4.79 Å². The maximum atomic E-state index is 12.2. The van der Waals surface area contributed by atoms with E-state index in [1.165, 1.54) is 50.5 Å². The van der Waals surface area contributed by atoms with Gasteiger partial charge in [0.1, 0.15) is 5.82 Å². The number of rotatable bonds is 12. The molecule has 0 spiro atoms. The highest BCUT2D eigenvalue weighted by Crippen LogP contribution is 2.18. The average molecular weight is 393 g/mol. The summed E-state index contributed by atoms with van der Waals surface area (Å²) in [5.41, 5.74) is 2.81. The Labute approximate surface area is 173 Å². The first-order chi connectivity index (χ1) is 14.3. The maximum Gasteiger partial charge on any atom is 0.252 e. The smallest absolute Gasteiger partial charge is 0.252 e. The fraction of sp³-hybridized carbons (Fsp3) is 0.458. The van der Waals surface area contributed by atoms with Crippen LogP contribution in [0.2, 0.25) is 0 Å². The molecule has 0 aliphatic carbocycles. The van der Waals surface area contributed by atoms with Gasteiger partial charge in [-0.05, 0) is 30.7 Å². The number of carbonyl (C=O) groups excluding carboxylic acids is 1. The van der Waals surface area contributed by atoms with Gasteiger partial charge in [0.2, 0.25) is 0 Å². The van der Waals surface area contributed by atoms with Crippen LogP contribution in [0.15, 0.2) is 48.8 Å². The Balaban J connectivity index is 1.55. The second kappa shape index (κ2) is 11.3. The number of hydrogen-bond donors (Lipinski definition) is 1. The first-order valence-corrected chi connectivity index (χ1v) is 10.9. The Morgan fingerprint density at radius 3 is 2.59 bits per heavy atom. The molecule has 5 nitrogen and oxygen atoms in total. The van der Waals surface area contributed by atoms with E-state index in [4.69, 9.17) is 4.98 Å². The summed E-state index contributed by atoms with van der Waals surface area (Å²) >= 11 is 0. The van der Waals surface area contributed by atoms with Gasteiger partial charge in [-0.3, -0.25) is 9.78 Å². The van der Waals surface area contributed by atoms with Gasteiger partial charge >= 0.3 is 0 Å². The Hall–Kier alpha value is -2.69. The van der Waals surface area contributed by atoms with Crippen LogP contribution < -0.4 is 5.32 Å². The summed E-state index contributed by atoms with van der Waals surface area (Å²) in [5, 5.41) is 2.98. The number of hydrogen-bond acceptors (Lipinski definition) is 3. The maximum absolute atomic E-state index is 12.2. The number of carbonyl (C=O) groups is 1. The van der Waals surface area contributed by atoms with Crippen molar-refractivity contribution < 1.29 is 4.79 Å². The van der Waals surface area contributed by atoms with Crippen molar-refractivity contribution in [2.75, 3.05) is 6.54 Å². The third-order valence-corrected chi connectivity index (χ3v) is 5.28. The van der Waals surface area contributed by atoms with Crippen molar-refractivity contribution in [2.45, 2.75) is 64.8 Å². The second-order valence-electron chi connectivity index (χ2n) is 7.54. The normalized spacial score (nSPS) is 11.1. The second-order valence-corrected chi connectivity index (χ2v) is 7.54. The molecule has 0 aliphatic rings. The molecule has 0 atom stereocenters. The lowest BCUT2D eigenvalue weighted by atomic mass is 10.1.